The van der Waals surface area contributed by atoms with E-state index < -0.39 is 97.5 Å². The minimum absolute atomic E-state index is 0.000498. The molecule has 0 aromatic carbocycles. The molecular weight excluding hydrogens is 1310 g/mol. The van der Waals surface area contributed by atoms with Gasteiger partial charge in [-0.05, 0) is 154 Å². The van der Waals surface area contributed by atoms with Crippen LogP contribution in [0.2, 0.25) is 0 Å². The number of hydrogen-bond donors (Lipinski definition) is 3. The predicted molar refractivity (Wildman–Crippen MR) is 408 cm³/mol. The second-order valence-corrected chi connectivity index (χ2v) is 27.7. The zero-order chi connectivity index (χ0) is 73.2. The number of phosphoric ester groups is 2. The monoisotopic (exact) mass is 1440 g/mol. The van der Waals surface area contributed by atoms with Gasteiger partial charge in [0.25, 0.3) is 0 Å². The van der Waals surface area contributed by atoms with Crippen molar-refractivity contribution < 1.29 is 80.2 Å². The smallest absolute Gasteiger partial charge is 0.462 e. The largest absolute Gasteiger partial charge is 0.472 e. The van der Waals surface area contributed by atoms with Gasteiger partial charge in [-0.25, -0.2) is 9.13 Å². The molecule has 0 amide bonds. The van der Waals surface area contributed by atoms with Gasteiger partial charge >= 0.3 is 39.5 Å². The van der Waals surface area contributed by atoms with E-state index in [-0.39, 0.29) is 25.7 Å². The summed E-state index contributed by atoms with van der Waals surface area (Å²) >= 11 is 0. The van der Waals surface area contributed by atoms with Gasteiger partial charge in [-0.3, -0.25) is 37.3 Å². The Labute approximate surface area is 605 Å². The summed E-state index contributed by atoms with van der Waals surface area (Å²) in [5.41, 5.74) is 0. The molecule has 0 aliphatic carbocycles. The molecule has 0 rings (SSSR count). The number of hydrogen-bond acceptors (Lipinski definition) is 15. The normalized spacial score (nSPS) is 14.8. The highest BCUT2D eigenvalue weighted by atomic mass is 31.2. The van der Waals surface area contributed by atoms with Crippen LogP contribution < -0.4 is 0 Å². The summed E-state index contributed by atoms with van der Waals surface area (Å²) in [5, 5.41) is 10.6. The van der Waals surface area contributed by atoms with Crippen LogP contribution in [-0.2, 0) is 65.4 Å². The van der Waals surface area contributed by atoms with Crippen LogP contribution in [0.3, 0.4) is 0 Å². The van der Waals surface area contributed by atoms with Crippen LogP contribution >= 0.6 is 15.6 Å². The summed E-state index contributed by atoms with van der Waals surface area (Å²) in [6.45, 7) is 4.45. The van der Waals surface area contributed by atoms with Crippen molar-refractivity contribution in [2.24, 2.45) is 0 Å². The summed E-state index contributed by atoms with van der Waals surface area (Å²) in [5.74, 6) is -2.34. The predicted octanol–water partition coefficient (Wildman–Crippen LogP) is 21.9. The Bertz CT molecular complexity index is 2470. The number of ether oxygens (including phenoxy) is 4. The fraction of sp³-hybridized carbons (Fsp3) is 0.654. The first-order chi connectivity index (χ1) is 48.7. The van der Waals surface area contributed by atoms with E-state index in [9.17, 15) is 43.2 Å². The highest BCUT2D eigenvalue weighted by Crippen LogP contribution is 2.45. The molecule has 19 heteroatoms. The number of unbranched alkanes of at least 4 members (excludes halogenated alkanes) is 20. The molecule has 0 heterocycles. The average molecular weight is 1440 g/mol. The lowest BCUT2D eigenvalue weighted by atomic mass is 10.1. The van der Waals surface area contributed by atoms with E-state index >= 15 is 0 Å². The van der Waals surface area contributed by atoms with Crippen LogP contribution in [0.15, 0.2) is 146 Å². The van der Waals surface area contributed by atoms with Gasteiger partial charge in [0.2, 0.25) is 0 Å². The van der Waals surface area contributed by atoms with Gasteiger partial charge in [0.15, 0.2) is 12.2 Å². The van der Waals surface area contributed by atoms with E-state index in [4.69, 9.17) is 37.0 Å². The van der Waals surface area contributed by atoms with Crippen molar-refractivity contribution in [1.82, 2.24) is 0 Å². The molecule has 100 heavy (non-hydrogen) atoms. The van der Waals surface area contributed by atoms with E-state index in [2.05, 4.69) is 149 Å². The van der Waals surface area contributed by atoms with E-state index in [1.807, 2.05) is 24.3 Å². The maximum Gasteiger partial charge on any atom is 0.472 e. The first kappa shape index (κ1) is 94.9. The van der Waals surface area contributed by atoms with Crippen molar-refractivity contribution in [1.29, 1.82) is 0 Å². The highest BCUT2D eigenvalue weighted by molar-refractivity contribution is 7.47. The average Bonchev–Trinajstić information content (AvgIpc) is 1.15. The third-order valence-electron chi connectivity index (χ3n) is 15.3. The summed E-state index contributed by atoms with van der Waals surface area (Å²) in [7, 11) is -10.00. The lowest BCUT2D eigenvalue weighted by Gasteiger charge is -2.21. The van der Waals surface area contributed by atoms with Crippen LogP contribution in [0.5, 0.6) is 0 Å². The Morgan fingerprint density at radius 1 is 0.290 bits per heavy atom. The number of carbonyl (C=O) groups is 4. The van der Waals surface area contributed by atoms with Crippen LogP contribution in [0.25, 0.3) is 0 Å². The summed E-state index contributed by atoms with van der Waals surface area (Å²) in [6, 6.07) is 0. The van der Waals surface area contributed by atoms with Crippen molar-refractivity contribution in [3.8, 4) is 0 Å². The zero-order valence-corrected chi connectivity index (χ0v) is 63.9. The molecule has 0 saturated heterocycles. The molecule has 0 radical (unpaired) electrons. The van der Waals surface area contributed by atoms with Gasteiger partial charge in [-0.1, -0.05) is 251 Å². The van der Waals surface area contributed by atoms with E-state index in [0.717, 1.165) is 141 Å². The molecule has 0 spiro atoms. The van der Waals surface area contributed by atoms with Crippen molar-refractivity contribution in [2.45, 2.75) is 303 Å². The highest BCUT2D eigenvalue weighted by Gasteiger charge is 2.30. The number of allylic oxidation sites excluding steroid dienone is 24. The van der Waals surface area contributed by atoms with Gasteiger partial charge in [0.05, 0.1) is 26.4 Å². The molecule has 0 aliphatic heterocycles. The van der Waals surface area contributed by atoms with E-state index in [1.165, 1.54) is 51.4 Å². The van der Waals surface area contributed by atoms with Gasteiger partial charge in [-0.2, -0.15) is 0 Å². The maximum absolute atomic E-state index is 13.1. The number of carbonyl (C=O) groups excluding carboxylic acids is 4. The minimum Gasteiger partial charge on any atom is -0.462 e. The molecule has 3 N–H and O–H groups in total. The number of phosphoric acid groups is 2. The zero-order valence-electron chi connectivity index (χ0n) is 62.1. The molecule has 0 bridgehead atoms. The van der Waals surface area contributed by atoms with Crippen LogP contribution in [0.1, 0.15) is 285 Å². The Kier molecular flexibility index (Phi) is 68.6. The summed E-state index contributed by atoms with van der Waals surface area (Å²) < 4.78 is 68.3. The summed E-state index contributed by atoms with van der Waals surface area (Å²) in [6.07, 6.45) is 81.4. The quantitative estimate of drug-likeness (QED) is 0.0169. The molecule has 5 atom stereocenters. The molecular formula is C81H134O17P2. The number of rotatable bonds is 70. The Hall–Kier alpha value is -5.06. The van der Waals surface area contributed by atoms with Gasteiger partial charge < -0.3 is 33.8 Å². The first-order valence-electron chi connectivity index (χ1n) is 38.1. The number of aliphatic hydroxyl groups is 1. The van der Waals surface area contributed by atoms with Crippen molar-refractivity contribution >= 4 is 39.5 Å². The molecule has 5 unspecified atom stereocenters. The standard InChI is InChI=1S/C81H134O17P2/c1-5-9-13-17-21-25-29-33-35-37-39-43-46-50-54-58-62-66-79(84)92-72-77(98-81(86)68-64-60-56-52-48-44-40-38-36-34-30-26-22-18-14-10-6-2)74-96-100(89,90)94-70-75(82)69-93-99(87,88)95-73-76(97-80(85)67-63-59-55-51-47-42-32-28-24-20-16-12-8-4)71-91-78(83)65-61-57-53-49-45-41-31-27-23-19-15-11-7-3/h9-10,13-14,21-22,25-28,31-36,39-40,43-44,50,52,54,56,75-77,82H,5-8,11-12,15-20,23-24,29-30,37-38,41-42,45-49,51,53,55,57-74H2,1-4H3,(H,87,88)(H,89,90)/b13-9-,14-10-,25-21-,26-22-,31-27-,32-28-,35-33-,36-34-,43-39-,44-40-,54-50-,56-52-. The van der Waals surface area contributed by atoms with Crippen LogP contribution in [0.4, 0.5) is 0 Å². The van der Waals surface area contributed by atoms with Gasteiger partial charge in [0.1, 0.15) is 19.3 Å². The second kappa shape index (κ2) is 72.3. The third kappa shape index (κ3) is 71.3. The van der Waals surface area contributed by atoms with Gasteiger partial charge in [-0.15, -0.1) is 0 Å². The molecule has 17 nitrogen and oxygen atoms in total. The molecule has 570 valence electrons. The lowest BCUT2D eigenvalue weighted by Crippen LogP contribution is -2.30. The van der Waals surface area contributed by atoms with Crippen molar-refractivity contribution in [2.75, 3.05) is 39.6 Å². The van der Waals surface area contributed by atoms with Crippen LogP contribution in [0, 0.1) is 0 Å². The molecule has 0 fully saturated rings. The molecule has 0 aromatic heterocycles. The number of esters is 4. The molecule has 0 saturated carbocycles. The van der Waals surface area contributed by atoms with Crippen LogP contribution in [-0.4, -0.2) is 96.7 Å². The fourth-order valence-electron chi connectivity index (χ4n) is 9.51. The minimum atomic E-state index is -5.01. The van der Waals surface area contributed by atoms with E-state index in [0.29, 0.717) is 38.5 Å². The SMILES string of the molecule is CC/C=C\C/C=C\C/C=C\C/C=C\C/C=C\CCCC(=O)OCC(COP(=O)(O)OCC(O)COP(=O)(O)OCC(COC(=O)CCCCCCC/C=C\CCCCCC)OC(=O)CCCCCCC/C=C\CCCCCC)OC(=O)CCC/C=C\C/C=C\C/C=C\C/C=C\C/C=C\CC. The number of aliphatic hydroxyl groups excluding tert-OH is 1. The molecule has 0 aromatic rings. The van der Waals surface area contributed by atoms with Crippen molar-refractivity contribution in [3.05, 3.63) is 146 Å². The van der Waals surface area contributed by atoms with E-state index in [1.54, 1.807) is 0 Å². The van der Waals surface area contributed by atoms with Gasteiger partial charge in [0, 0.05) is 25.7 Å². The molecule has 0 aliphatic rings. The Morgan fingerprint density at radius 2 is 0.530 bits per heavy atom. The second-order valence-electron chi connectivity index (χ2n) is 24.8. The first-order valence-corrected chi connectivity index (χ1v) is 41.1. The van der Waals surface area contributed by atoms with Crippen molar-refractivity contribution in [3.63, 3.8) is 0 Å². The Balaban J connectivity index is 5.48. The third-order valence-corrected chi connectivity index (χ3v) is 17.2. The fourth-order valence-corrected chi connectivity index (χ4v) is 11.1. The Morgan fingerprint density at radius 3 is 0.860 bits per heavy atom. The topological polar surface area (TPSA) is 237 Å². The lowest BCUT2D eigenvalue weighted by molar-refractivity contribution is -0.161. The maximum atomic E-state index is 13.1. The summed E-state index contributed by atoms with van der Waals surface area (Å²) in [4.78, 5) is 72.8.